The van der Waals surface area contributed by atoms with Crippen LogP contribution in [0.5, 0.6) is 0 Å². The molecule has 1 aromatic carbocycles. The second-order valence-corrected chi connectivity index (χ2v) is 5.71. The lowest BCUT2D eigenvalue weighted by molar-refractivity contribution is -0.384. The van der Waals surface area contributed by atoms with Gasteiger partial charge in [0.25, 0.3) is 5.69 Å². The van der Waals surface area contributed by atoms with Gasteiger partial charge in [-0.25, -0.2) is 0 Å². The fourth-order valence-corrected chi connectivity index (χ4v) is 3.15. The third kappa shape index (κ3) is 2.97. The van der Waals surface area contributed by atoms with E-state index in [1.165, 1.54) is 12.1 Å². The molecule has 1 aliphatic heterocycles. The molecule has 2 rings (SSSR count). The number of anilines is 1. The maximum absolute atomic E-state index is 10.9. The molecule has 7 heteroatoms. The quantitative estimate of drug-likeness (QED) is 0.680. The Morgan fingerprint density at radius 1 is 1.41 bits per heavy atom. The Bertz CT molecular complexity index is 450. The zero-order valence-electron chi connectivity index (χ0n) is 8.78. The molecular weight excluding hydrogens is 283 g/mol. The summed E-state index contributed by atoms with van der Waals surface area (Å²) in [6.45, 7) is 0. The van der Waals surface area contributed by atoms with Crippen molar-refractivity contribution in [2.24, 2.45) is 0 Å². The van der Waals surface area contributed by atoms with Gasteiger partial charge in [-0.3, -0.25) is 10.1 Å². The first-order valence-corrected chi connectivity index (χ1v) is 6.96. The molecule has 0 bridgehead atoms. The van der Waals surface area contributed by atoms with Crippen LogP contribution in [-0.4, -0.2) is 22.5 Å². The molecule has 1 saturated heterocycles. The van der Waals surface area contributed by atoms with Gasteiger partial charge in [-0.1, -0.05) is 23.2 Å². The van der Waals surface area contributed by atoms with Crippen LogP contribution >= 0.6 is 35.0 Å². The number of nitrogens with one attached hydrogen (secondary N) is 1. The Morgan fingerprint density at radius 3 is 2.71 bits per heavy atom. The summed E-state index contributed by atoms with van der Waals surface area (Å²) in [4.78, 5) is 10.5. The van der Waals surface area contributed by atoms with Crippen LogP contribution in [0, 0.1) is 10.1 Å². The first kappa shape index (κ1) is 12.8. The van der Waals surface area contributed by atoms with Crippen molar-refractivity contribution in [2.45, 2.75) is 12.5 Å². The fourth-order valence-electron chi connectivity index (χ4n) is 1.67. The average molecular weight is 293 g/mol. The molecule has 0 aliphatic carbocycles. The summed E-state index contributed by atoms with van der Waals surface area (Å²) in [5, 5.41) is 14.6. The van der Waals surface area contributed by atoms with Crippen molar-refractivity contribution < 1.29 is 4.92 Å². The first-order valence-electron chi connectivity index (χ1n) is 5.05. The Morgan fingerprint density at radius 2 is 2.12 bits per heavy atom. The van der Waals surface area contributed by atoms with Crippen LogP contribution in [0.4, 0.5) is 11.4 Å². The van der Waals surface area contributed by atoms with Crippen LogP contribution in [0.15, 0.2) is 12.1 Å². The highest BCUT2D eigenvalue weighted by atomic mass is 35.5. The second-order valence-electron chi connectivity index (χ2n) is 3.75. The average Bonchev–Trinajstić information content (AvgIpc) is 2.75. The summed E-state index contributed by atoms with van der Waals surface area (Å²) < 4.78 is 0. The molecule has 4 nitrogen and oxygen atoms in total. The summed E-state index contributed by atoms with van der Waals surface area (Å²) in [6.07, 6.45) is 1.00. The van der Waals surface area contributed by atoms with Crippen molar-refractivity contribution in [1.29, 1.82) is 0 Å². The van der Waals surface area contributed by atoms with Crippen LogP contribution in [0.25, 0.3) is 0 Å². The molecule has 0 radical (unpaired) electrons. The van der Waals surface area contributed by atoms with E-state index in [9.17, 15) is 10.1 Å². The van der Waals surface area contributed by atoms with E-state index in [0.29, 0.717) is 10.7 Å². The van der Waals surface area contributed by atoms with Crippen LogP contribution in [0.2, 0.25) is 10.0 Å². The van der Waals surface area contributed by atoms with Crippen LogP contribution in [-0.2, 0) is 0 Å². The predicted molar refractivity (Wildman–Crippen MR) is 72.5 cm³/mol. The van der Waals surface area contributed by atoms with E-state index in [1.54, 1.807) is 0 Å². The largest absolute Gasteiger partial charge is 0.376 e. The SMILES string of the molecule is O=[N+]([O-])c1cc(Cl)c(Cl)cc1NC1CCSC1. The first-order chi connectivity index (χ1) is 8.08. The van der Waals surface area contributed by atoms with Gasteiger partial charge in [-0.05, 0) is 18.2 Å². The number of nitro groups is 1. The number of hydrogen-bond acceptors (Lipinski definition) is 4. The third-order valence-electron chi connectivity index (χ3n) is 2.52. The zero-order chi connectivity index (χ0) is 12.4. The Labute approximate surface area is 113 Å². The van der Waals surface area contributed by atoms with Crippen LogP contribution in [0.3, 0.4) is 0 Å². The third-order valence-corrected chi connectivity index (χ3v) is 4.41. The van der Waals surface area contributed by atoms with E-state index in [-0.39, 0.29) is 16.8 Å². The molecule has 0 spiro atoms. The van der Waals surface area contributed by atoms with E-state index in [4.69, 9.17) is 23.2 Å². The highest BCUT2D eigenvalue weighted by Crippen LogP contribution is 2.35. The van der Waals surface area contributed by atoms with E-state index in [0.717, 1.165) is 17.9 Å². The molecule has 1 heterocycles. The molecular formula is C10H10Cl2N2O2S. The summed E-state index contributed by atoms with van der Waals surface area (Å²) in [5.74, 6) is 2.03. The van der Waals surface area contributed by atoms with Gasteiger partial charge >= 0.3 is 0 Å². The van der Waals surface area contributed by atoms with Crippen LogP contribution in [0.1, 0.15) is 6.42 Å². The maximum atomic E-state index is 10.9. The van der Waals surface area contributed by atoms with Crippen molar-refractivity contribution in [2.75, 3.05) is 16.8 Å². The van der Waals surface area contributed by atoms with Crippen molar-refractivity contribution >= 4 is 46.3 Å². The Hall–Kier alpha value is -0.650. The van der Waals surface area contributed by atoms with Gasteiger partial charge < -0.3 is 5.32 Å². The predicted octanol–water partition coefficient (Wildman–Crippen LogP) is 3.82. The standard InChI is InChI=1S/C10H10Cl2N2O2S/c11-7-3-9(13-6-1-2-17-5-6)10(14(15)16)4-8(7)12/h3-4,6,13H,1-2,5H2. The van der Waals surface area contributed by atoms with Gasteiger partial charge in [0, 0.05) is 17.9 Å². The molecule has 1 aromatic rings. The zero-order valence-corrected chi connectivity index (χ0v) is 11.1. The van der Waals surface area contributed by atoms with E-state index in [2.05, 4.69) is 5.32 Å². The molecule has 1 N–H and O–H groups in total. The number of halogens is 2. The number of hydrogen-bond donors (Lipinski definition) is 1. The van der Waals surface area contributed by atoms with Crippen molar-refractivity contribution in [3.8, 4) is 0 Å². The van der Waals surface area contributed by atoms with Gasteiger partial charge in [-0.2, -0.15) is 11.8 Å². The number of thioether (sulfide) groups is 1. The summed E-state index contributed by atoms with van der Waals surface area (Å²) in [6, 6.07) is 3.07. The molecule has 17 heavy (non-hydrogen) atoms. The smallest absolute Gasteiger partial charge is 0.293 e. The van der Waals surface area contributed by atoms with Crippen molar-refractivity contribution in [1.82, 2.24) is 0 Å². The highest BCUT2D eigenvalue weighted by Gasteiger charge is 2.21. The van der Waals surface area contributed by atoms with Crippen molar-refractivity contribution in [3.05, 3.63) is 32.3 Å². The molecule has 0 saturated carbocycles. The lowest BCUT2D eigenvalue weighted by Gasteiger charge is -2.13. The van der Waals surface area contributed by atoms with E-state index in [1.807, 2.05) is 11.8 Å². The number of nitro benzene ring substituents is 1. The molecule has 92 valence electrons. The molecule has 0 aromatic heterocycles. The van der Waals surface area contributed by atoms with Gasteiger partial charge in [0.05, 0.1) is 15.0 Å². The van der Waals surface area contributed by atoms with Gasteiger partial charge in [0.2, 0.25) is 0 Å². The summed E-state index contributed by atoms with van der Waals surface area (Å²) in [7, 11) is 0. The lowest BCUT2D eigenvalue weighted by Crippen LogP contribution is -2.18. The van der Waals surface area contributed by atoms with Gasteiger partial charge in [0.15, 0.2) is 0 Å². The summed E-state index contributed by atoms with van der Waals surface area (Å²) >= 11 is 13.5. The fraction of sp³-hybridized carbons (Fsp3) is 0.400. The number of nitrogens with zero attached hydrogens (tertiary/aromatic N) is 1. The monoisotopic (exact) mass is 292 g/mol. The van der Waals surface area contributed by atoms with Gasteiger partial charge in [-0.15, -0.1) is 0 Å². The lowest BCUT2D eigenvalue weighted by atomic mass is 10.2. The topological polar surface area (TPSA) is 55.2 Å². The Kier molecular flexibility index (Phi) is 4.01. The van der Waals surface area contributed by atoms with Crippen LogP contribution < -0.4 is 5.32 Å². The maximum Gasteiger partial charge on any atom is 0.293 e. The molecule has 1 unspecified atom stereocenters. The normalized spacial score (nSPS) is 19.3. The number of rotatable bonds is 3. The molecule has 1 atom stereocenters. The highest BCUT2D eigenvalue weighted by molar-refractivity contribution is 7.99. The second kappa shape index (κ2) is 5.33. The number of benzene rings is 1. The van der Waals surface area contributed by atoms with Gasteiger partial charge in [0.1, 0.15) is 5.69 Å². The van der Waals surface area contributed by atoms with E-state index >= 15 is 0 Å². The van der Waals surface area contributed by atoms with E-state index < -0.39 is 4.92 Å². The molecule has 1 aliphatic rings. The molecule has 1 fully saturated rings. The summed E-state index contributed by atoms with van der Waals surface area (Å²) in [5.41, 5.74) is 0.410. The minimum atomic E-state index is -0.452. The minimum Gasteiger partial charge on any atom is -0.376 e. The Balaban J connectivity index is 2.29. The minimum absolute atomic E-state index is 0.0312. The van der Waals surface area contributed by atoms with Crippen molar-refractivity contribution in [3.63, 3.8) is 0 Å². The molecule has 0 amide bonds.